The molecule has 2 aliphatic heterocycles. The molecule has 0 unspecified atom stereocenters. The van der Waals surface area contributed by atoms with Gasteiger partial charge in [-0.15, -0.1) is 0 Å². The lowest BCUT2D eigenvalue weighted by Crippen LogP contribution is -2.47. The van der Waals surface area contributed by atoms with Crippen LogP contribution in [0.2, 0.25) is 0 Å². The number of nitrogens with one attached hydrogen (secondary N) is 3. The van der Waals surface area contributed by atoms with Gasteiger partial charge in [0.25, 0.3) is 5.91 Å². The molecule has 0 bridgehead atoms. The van der Waals surface area contributed by atoms with Crippen LogP contribution in [0.1, 0.15) is 22.5 Å². The maximum Gasteiger partial charge on any atom is 0.256 e. The van der Waals surface area contributed by atoms with Crippen LogP contribution < -0.4 is 10.6 Å². The van der Waals surface area contributed by atoms with Crippen LogP contribution in [-0.2, 0) is 9.59 Å². The summed E-state index contributed by atoms with van der Waals surface area (Å²) in [6.07, 6.45) is 1.71. The van der Waals surface area contributed by atoms with Gasteiger partial charge in [0.1, 0.15) is 5.82 Å². The van der Waals surface area contributed by atoms with E-state index in [-0.39, 0.29) is 11.8 Å². The second kappa shape index (κ2) is 8.04. The molecule has 2 amide bonds. The molecule has 3 N–H and O–H groups in total. The maximum atomic E-state index is 13.7. The molecule has 0 aliphatic carbocycles. The Morgan fingerprint density at radius 1 is 1.23 bits per heavy atom. The lowest BCUT2D eigenvalue weighted by atomic mass is 10.0. The van der Waals surface area contributed by atoms with Gasteiger partial charge in [0.2, 0.25) is 5.91 Å². The zero-order valence-electron chi connectivity index (χ0n) is 17.4. The number of H-pyrrole nitrogens is 1. The van der Waals surface area contributed by atoms with Crippen molar-refractivity contribution in [2.75, 3.05) is 50.4 Å². The highest BCUT2D eigenvalue weighted by atomic mass is 19.1. The number of carbonyl (C=O) groups excluding carboxylic acids is 2. The van der Waals surface area contributed by atoms with Crippen LogP contribution in [-0.4, -0.2) is 66.4 Å². The Bertz CT molecular complexity index is 1030. The van der Waals surface area contributed by atoms with Gasteiger partial charge in [-0.2, -0.15) is 0 Å². The van der Waals surface area contributed by atoms with Crippen LogP contribution in [0, 0.1) is 19.7 Å². The SMILES string of the molecule is Cc1[nH]c(/C=C2\C(=O)Nc3ccc(F)cc32)c(C)c1NC(=O)CN1CCN(C)CC1. The largest absolute Gasteiger partial charge is 0.357 e. The fraction of sp³-hybridized carbons (Fsp3) is 0.364. The Morgan fingerprint density at radius 3 is 2.70 bits per heavy atom. The number of hydrogen-bond donors (Lipinski definition) is 3. The number of rotatable bonds is 4. The number of fused-ring (bicyclic) bond motifs is 1. The third kappa shape index (κ3) is 4.01. The van der Waals surface area contributed by atoms with Gasteiger partial charge in [-0.25, -0.2) is 4.39 Å². The van der Waals surface area contributed by atoms with Crippen LogP contribution in [0.4, 0.5) is 15.8 Å². The minimum atomic E-state index is -0.396. The molecular formula is C22H26FN5O2. The van der Waals surface area contributed by atoms with E-state index in [4.69, 9.17) is 0 Å². The van der Waals surface area contributed by atoms with Crippen LogP contribution in [0.15, 0.2) is 18.2 Å². The first kappa shape index (κ1) is 20.3. The highest BCUT2D eigenvalue weighted by molar-refractivity contribution is 6.34. The lowest BCUT2D eigenvalue weighted by molar-refractivity contribution is -0.117. The van der Waals surface area contributed by atoms with Gasteiger partial charge < -0.3 is 20.5 Å². The van der Waals surface area contributed by atoms with E-state index in [1.807, 2.05) is 13.8 Å². The zero-order chi connectivity index (χ0) is 21.4. The van der Waals surface area contributed by atoms with Crippen LogP contribution in [0.25, 0.3) is 11.6 Å². The second-order valence-electron chi connectivity index (χ2n) is 7.99. The number of nitrogens with zero attached hydrogens (tertiary/aromatic N) is 2. The number of aromatic amines is 1. The van der Waals surface area contributed by atoms with Crippen molar-refractivity contribution in [1.29, 1.82) is 0 Å². The number of halogens is 1. The Balaban J connectivity index is 1.53. The van der Waals surface area contributed by atoms with Crippen molar-refractivity contribution in [3.8, 4) is 0 Å². The summed E-state index contributed by atoms with van der Waals surface area (Å²) in [5.41, 5.74) is 4.60. The van der Waals surface area contributed by atoms with Crippen molar-refractivity contribution in [3.63, 3.8) is 0 Å². The van der Waals surface area contributed by atoms with E-state index in [2.05, 4.69) is 32.5 Å². The quantitative estimate of drug-likeness (QED) is 0.675. The Hall–Kier alpha value is -2.97. The monoisotopic (exact) mass is 411 g/mol. The van der Waals surface area contributed by atoms with Crippen LogP contribution >= 0.6 is 0 Å². The van der Waals surface area contributed by atoms with Gasteiger partial charge in [-0.3, -0.25) is 14.5 Å². The summed E-state index contributed by atoms with van der Waals surface area (Å²) in [5, 5.41) is 5.76. The summed E-state index contributed by atoms with van der Waals surface area (Å²) in [6, 6.07) is 4.23. The molecule has 1 saturated heterocycles. The van der Waals surface area contributed by atoms with Gasteiger partial charge in [-0.05, 0) is 50.7 Å². The van der Waals surface area contributed by atoms with E-state index in [1.54, 1.807) is 12.1 Å². The summed E-state index contributed by atoms with van der Waals surface area (Å²) in [7, 11) is 2.08. The number of anilines is 2. The number of piperazine rings is 1. The number of aromatic nitrogens is 1. The normalized spacial score (nSPS) is 18.5. The van der Waals surface area contributed by atoms with E-state index in [0.717, 1.165) is 43.1 Å². The van der Waals surface area contributed by atoms with Crippen molar-refractivity contribution >= 4 is 34.8 Å². The van der Waals surface area contributed by atoms with Crippen molar-refractivity contribution in [2.24, 2.45) is 0 Å². The Labute approximate surface area is 174 Å². The summed E-state index contributed by atoms with van der Waals surface area (Å²) >= 11 is 0. The van der Waals surface area contributed by atoms with E-state index in [0.29, 0.717) is 29.1 Å². The topological polar surface area (TPSA) is 80.5 Å². The summed E-state index contributed by atoms with van der Waals surface area (Å²) in [6.45, 7) is 7.77. The first-order valence-electron chi connectivity index (χ1n) is 10.0. The number of aryl methyl sites for hydroxylation is 1. The highest BCUT2D eigenvalue weighted by Gasteiger charge is 2.25. The van der Waals surface area contributed by atoms with Gasteiger partial charge in [0.05, 0.1) is 17.8 Å². The standard InChI is InChI=1S/C22H26FN5O2/c1-13-19(11-17-16-10-15(23)4-5-18(16)25-22(17)30)24-14(2)21(13)26-20(29)12-28-8-6-27(3)7-9-28/h4-5,10-11,24H,6-9,12H2,1-3H3,(H,25,30)(H,26,29)/b17-11-. The maximum absolute atomic E-state index is 13.7. The number of likely N-dealkylation sites (N-methyl/N-ethyl adjacent to an activating group) is 1. The molecule has 0 spiro atoms. The molecule has 8 heteroatoms. The van der Waals surface area contributed by atoms with E-state index < -0.39 is 5.82 Å². The minimum Gasteiger partial charge on any atom is -0.357 e. The molecule has 7 nitrogen and oxygen atoms in total. The second-order valence-corrected chi connectivity index (χ2v) is 7.99. The van der Waals surface area contributed by atoms with Gasteiger partial charge in [0, 0.05) is 48.8 Å². The van der Waals surface area contributed by atoms with E-state index >= 15 is 0 Å². The predicted octanol–water partition coefficient (Wildman–Crippen LogP) is 2.45. The third-order valence-electron chi connectivity index (χ3n) is 5.76. The number of hydrogen-bond acceptors (Lipinski definition) is 4. The number of carbonyl (C=O) groups is 2. The smallest absolute Gasteiger partial charge is 0.256 e. The Kier molecular flexibility index (Phi) is 5.44. The molecule has 1 aromatic heterocycles. The first-order valence-corrected chi connectivity index (χ1v) is 10.0. The Morgan fingerprint density at radius 2 is 1.97 bits per heavy atom. The van der Waals surface area contributed by atoms with Crippen molar-refractivity contribution in [3.05, 3.63) is 46.5 Å². The summed E-state index contributed by atoms with van der Waals surface area (Å²) in [5.74, 6) is -0.731. The molecule has 1 aromatic carbocycles. The number of benzene rings is 1. The van der Waals surface area contributed by atoms with E-state index in [1.165, 1.54) is 12.1 Å². The first-order chi connectivity index (χ1) is 14.3. The van der Waals surface area contributed by atoms with Crippen LogP contribution in [0.3, 0.4) is 0 Å². The van der Waals surface area contributed by atoms with Gasteiger partial charge in [-0.1, -0.05) is 0 Å². The van der Waals surface area contributed by atoms with Crippen molar-refractivity contribution < 1.29 is 14.0 Å². The fourth-order valence-electron chi connectivity index (χ4n) is 3.94. The molecule has 0 radical (unpaired) electrons. The third-order valence-corrected chi connectivity index (χ3v) is 5.76. The molecule has 4 rings (SSSR count). The predicted molar refractivity (Wildman–Crippen MR) is 116 cm³/mol. The zero-order valence-corrected chi connectivity index (χ0v) is 17.4. The van der Waals surface area contributed by atoms with Gasteiger partial charge in [0.15, 0.2) is 0 Å². The summed E-state index contributed by atoms with van der Waals surface area (Å²) in [4.78, 5) is 32.6. The molecule has 0 atom stereocenters. The molecule has 30 heavy (non-hydrogen) atoms. The lowest BCUT2D eigenvalue weighted by Gasteiger charge is -2.31. The molecule has 2 aliphatic rings. The molecule has 0 saturated carbocycles. The molecule has 3 heterocycles. The summed E-state index contributed by atoms with van der Waals surface area (Å²) < 4.78 is 13.7. The highest BCUT2D eigenvalue weighted by Crippen LogP contribution is 2.35. The molecular weight excluding hydrogens is 385 g/mol. The number of amides is 2. The molecule has 158 valence electrons. The average Bonchev–Trinajstić information content (AvgIpc) is 3.14. The molecule has 2 aromatic rings. The van der Waals surface area contributed by atoms with E-state index in [9.17, 15) is 14.0 Å². The van der Waals surface area contributed by atoms with Crippen LogP contribution in [0.5, 0.6) is 0 Å². The van der Waals surface area contributed by atoms with Crippen molar-refractivity contribution in [2.45, 2.75) is 13.8 Å². The fourth-order valence-corrected chi connectivity index (χ4v) is 3.94. The molecule has 1 fully saturated rings. The average molecular weight is 411 g/mol. The van der Waals surface area contributed by atoms with Crippen molar-refractivity contribution in [1.82, 2.24) is 14.8 Å². The minimum absolute atomic E-state index is 0.0602. The van der Waals surface area contributed by atoms with Gasteiger partial charge >= 0.3 is 0 Å².